The fourth-order valence-electron chi connectivity index (χ4n) is 4.18. The molecule has 2 N–H and O–H groups in total. The zero-order chi connectivity index (χ0) is 18.3. The molecule has 0 aromatic heterocycles. The molecule has 0 unspecified atom stereocenters. The molecular weight excluding hydrogens is 350 g/mol. The Balaban J connectivity index is 1.55. The number of allylic oxidation sites excluding steroid dienone is 4. The number of carbonyl (C=O) groups is 1. The number of hydrogen-bond donors (Lipinski definition) is 2. The van der Waals surface area contributed by atoms with Gasteiger partial charge in [-0.15, -0.1) is 0 Å². The second-order valence-corrected chi connectivity index (χ2v) is 7.61. The van der Waals surface area contributed by atoms with Crippen LogP contribution < -0.4 is 5.32 Å². The van der Waals surface area contributed by atoms with E-state index >= 15 is 0 Å². The second kappa shape index (κ2) is 6.97. The molecule has 4 rings (SSSR count). The number of nitrogens with zero attached hydrogens (tertiary/aromatic N) is 2. The van der Waals surface area contributed by atoms with Crippen LogP contribution in [-0.4, -0.2) is 53.5 Å². The van der Waals surface area contributed by atoms with Crippen molar-refractivity contribution in [1.82, 2.24) is 15.1 Å². The molecule has 138 valence electrons. The number of likely N-dealkylation sites (tertiary alicyclic amines) is 1. The van der Waals surface area contributed by atoms with Crippen LogP contribution in [0, 0.1) is 0 Å². The molecule has 1 aromatic rings. The third kappa shape index (κ3) is 3.10. The van der Waals surface area contributed by atoms with E-state index in [0.717, 1.165) is 55.1 Å². The number of nitrogens with one attached hydrogen (secondary N) is 1. The van der Waals surface area contributed by atoms with Crippen molar-refractivity contribution in [2.45, 2.75) is 31.7 Å². The molecule has 0 saturated carbocycles. The lowest BCUT2D eigenvalue weighted by Crippen LogP contribution is -2.38. The van der Waals surface area contributed by atoms with Crippen LogP contribution in [0.5, 0.6) is 5.75 Å². The van der Waals surface area contributed by atoms with Crippen molar-refractivity contribution < 1.29 is 9.90 Å². The molecule has 1 aromatic carbocycles. The standard InChI is InChI=1S/C20H24ClN3O2/c1-22-14-7-8-23(12-14)19-5-2-15(11-18(19)21)24-9-6-13-10-16(25)3-4-17(13)20(24)26/h3-4,10-11,14,22,25H,2,5-9,12H2,1H3/t14-/m1/s1. The average Bonchev–Trinajstić information content (AvgIpc) is 3.10. The first kappa shape index (κ1) is 17.4. The fraction of sp³-hybridized carbons (Fsp3) is 0.450. The van der Waals surface area contributed by atoms with Gasteiger partial charge >= 0.3 is 0 Å². The summed E-state index contributed by atoms with van der Waals surface area (Å²) in [6, 6.07) is 5.50. The van der Waals surface area contributed by atoms with Crippen molar-refractivity contribution in [1.29, 1.82) is 0 Å². The van der Waals surface area contributed by atoms with Crippen LogP contribution in [0.15, 0.2) is 40.7 Å². The Labute approximate surface area is 158 Å². The topological polar surface area (TPSA) is 55.8 Å². The van der Waals surface area contributed by atoms with Crippen LogP contribution in [0.1, 0.15) is 35.2 Å². The summed E-state index contributed by atoms with van der Waals surface area (Å²) in [5, 5.41) is 13.7. The number of hydrogen-bond acceptors (Lipinski definition) is 4. The van der Waals surface area contributed by atoms with E-state index in [4.69, 9.17) is 11.6 Å². The molecule has 2 heterocycles. The lowest BCUT2D eigenvalue weighted by atomic mass is 9.96. The summed E-state index contributed by atoms with van der Waals surface area (Å²) in [6.07, 6.45) is 5.54. The molecule has 0 radical (unpaired) electrons. The monoisotopic (exact) mass is 373 g/mol. The maximum absolute atomic E-state index is 12.9. The minimum atomic E-state index is 0.00170. The maximum atomic E-state index is 12.9. The molecule has 2 aliphatic heterocycles. The van der Waals surface area contributed by atoms with Gasteiger partial charge in [-0.3, -0.25) is 4.79 Å². The quantitative estimate of drug-likeness (QED) is 0.855. The number of halogens is 1. The number of carbonyl (C=O) groups excluding carboxylic acids is 1. The third-order valence-corrected chi connectivity index (χ3v) is 6.01. The zero-order valence-electron chi connectivity index (χ0n) is 15.0. The van der Waals surface area contributed by atoms with E-state index in [1.165, 1.54) is 5.70 Å². The van der Waals surface area contributed by atoms with Gasteiger partial charge in [-0.25, -0.2) is 0 Å². The molecule has 6 heteroatoms. The molecule has 1 amide bonds. The summed E-state index contributed by atoms with van der Waals surface area (Å²) in [5.41, 5.74) is 3.78. The second-order valence-electron chi connectivity index (χ2n) is 7.20. The van der Waals surface area contributed by atoms with Crippen molar-refractivity contribution in [3.63, 3.8) is 0 Å². The van der Waals surface area contributed by atoms with Gasteiger partial charge in [0.15, 0.2) is 0 Å². The molecule has 1 fully saturated rings. The van der Waals surface area contributed by atoms with Gasteiger partial charge in [0.1, 0.15) is 5.75 Å². The van der Waals surface area contributed by atoms with Crippen molar-refractivity contribution >= 4 is 17.5 Å². The molecule has 1 aliphatic carbocycles. The van der Waals surface area contributed by atoms with E-state index in [9.17, 15) is 9.90 Å². The predicted octanol–water partition coefficient (Wildman–Crippen LogP) is 2.81. The maximum Gasteiger partial charge on any atom is 0.258 e. The van der Waals surface area contributed by atoms with Crippen LogP contribution in [0.4, 0.5) is 0 Å². The highest BCUT2D eigenvalue weighted by Gasteiger charge is 2.30. The van der Waals surface area contributed by atoms with Crippen molar-refractivity contribution in [2.75, 3.05) is 26.7 Å². The van der Waals surface area contributed by atoms with Gasteiger partial charge in [0.05, 0.1) is 5.03 Å². The van der Waals surface area contributed by atoms with E-state index in [-0.39, 0.29) is 11.7 Å². The largest absolute Gasteiger partial charge is 0.508 e. The van der Waals surface area contributed by atoms with Gasteiger partial charge in [0.25, 0.3) is 5.91 Å². The SMILES string of the molecule is CN[C@@H]1CCN(C2=C(Cl)C=C(N3CCc4cc(O)ccc4C3=O)CC2)C1. The molecule has 0 spiro atoms. The Morgan fingerprint density at radius 3 is 2.81 bits per heavy atom. The smallest absolute Gasteiger partial charge is 0.258 e. The third-order valence-electron chi connectivity index (χ3n) is 5.68. The van der Waals surface area contributed by atoms with Crippen molar-refractivity contribution in [3.05, 3.63) is 51.8 Å². The highest BCUT2D eigenvalue weighted by atomic mass is 35.5. The first-order valence-electron chi connectivity index (χ1n) is 9.22. The Morgan fingerprint density at radius 2 is 2.08 bits per heavy atom. The Bertz CT molecular complexity index is 802. The van der Waals surface area contributed by atoms with E-state index in [1.807, 2.05) is 18.0 Å². The van der Waals surface area contributed by atoms with Gasteiger partial charge in [-0.05, 0) is 62.6 Å². The summed E-state index contributed by atoms with van der Waals surface area (Å²) in [7, 11) is 2.00. The van der Waals surface area contributed by atoms with Crippen molar-refractivity contribution in [3.8, 4) is 5.75 Å². The zero-order valence-corrected chi connectivity index (χ0v) is 15.7. The van der Waals surface area contributed by atoms with Gasteiger partial charge in [-0.1, -0.05) is 11.6 Å². The first-order chi connectivity index (χ1) is 12.6. The number of benzene rings is 1. The molecule has 0 bridgehead atoms. The normalized spacial score (nSPS) is 23.4. The lowest BCUT2D eigenvalue weighted by molar-refractivity contribution is 0.0785. The van der Waals surface area contributed by atoms with Crippen LogP contribution in [0.3, 0.4) is 0 Å². The minimum Gasteiger partial charge on any atom is -0.508 e. The summed E-state index contributed by atoms with van der Waals surface area (Å²) >= 11 is 6.61. The number of phenolic OH excluding ortho intramolecular Hbond substituents is 1. The highest BCUT2D eigenvalue weighted by molar-refractivity contribution is 6.31. The van der Waals surface area contributed by atoms with Crippen LogP contribution in [0.2, 0.25) is 0 Å². The summed E-state index contributed by atoms with van der Waals surface area (Å²) < 4.78 is 0. The van der Waals surface area contributed by atoms with Crippen LogP contribution in [-0.2, 0) is 6.42 Å². The van der Waals surface area contributed by atoms with E-state index < -0.39 is 0 Å². The Kier molecular flexibility index (Phi) is 4.67. The number of amides is 1. The van der Waals surface area contributed by atoms with Crippen LogP contribution >= 0.6 is 11.6 Å². The van der Waals surface area contributed by atoms with E-state index in [0.29, 0.717) is 18.2 Å². The van der Waals surface area contributed by atoms with Gasteiger partial charge in [0, 0.05) is 42.6 Å². The Hall–Kier alpha value is -1.98. The fourth-order valence-corrected chi connectivity index (χ4v) is 4.52. The molecule has 1 atom stereocenters. The summed E-state index contributed by atoms with van der Waals surface area (Å²) in [4.78, 5) is 17.1. The molecule has 1 saturated heterocycles. The minimum absolute atomic E-state index is 0.00170. The number of rotatable bonds is 3. The number of likely N-dealkylation sites (N-methyl/N-ethyl adjacent to an activating group) is 1. The predicted molar refractivity (Wildman–Crippen MR) is 102 cm³/mol. The number of fused-ring (bicyclic) bond motifs is 1. The van der Waals surface area contributed by atoms with Crippen molar-refractivity contribution in [2.24, 2.45) is 0 Å². The first-order valence-corrected chi connectivity index (χ1v) is 9.60. The highest BCUT2D eigenvalue weighted by Crippen LogP contribution is 2.34. The molecule has 5 nitrogen and oxygen atoms in total. The van der Waals surface area contributed by atoms with Gasteiger partial charge in [-0.2, -0.15) is 0 Å². The average molecular weight is 374 g/mol. The molecule has 26 heavy (non-hydrogen) atoms. The van der Waals surface area contributed by atoms with Gasteiger partial charge in [0.2, 0.25) is 0 Å². The molecular formula is C20H24ClN3O2. The molecule has 3 aliphatic rings. The van der Waals surface area contributed by atoms with Gasteiger partial charge < -0.3 is 20.2 Å². The van der Waals surface area contributed by atoms with Crippen LogP contribution in [0.25, 0.3) is 0 Å². The lowest BCUT2D eigenvalue weighted by Gasteiger charge is -2.34. The van der Waals surface area contributed by atoms with E-state index in [2.05, 4.69) is 10.2 Å². The number of aromatic hydroxyl groups is 1. The summed E-state index contributed by atoms with van der Waals surface area (Å²) in [5.74, 6) is 0.213. The summed E-state index contributed by atoms with van der Waals surface area (Å²) in [6.45, 7) is 2.65. The Morgan fingerprint density at radius 1 is 1.23 bits per heavy atom. The number of phenols is 1. The van der Waals surface area contributed by atoms with E-state index in [1.54, 1.807) is 18.2 Å².